The molecule has 36 heavy (non-hydrogen) atoms. The SMILES string of the molecule is CCCC(C)(C)N(C)c1ncccc1C(=O)NS(=O)(=O)N1CCN(C(=O)OCc2ccccc2)CC1. The van der Waals surface area contributed by atoms with Crippen LogP contribution in [-0.2, 0) is 21.6 Å². The lowest BCUT2D eigenvalue weighted by molar-refractivity contribution is 0.0831. The Morgan fingerprint density at radius 2 is 1.75 bits per heavy atom. The van der Waals surface area contributed by atoms with Gasteiger partial charge in [-0.3, -0.25) is 4.79 Å². The Balaban J connectivity index is 1.60. The summed E-state index contributed by atoms with van der Waals surface area (Å²) in [6.45, 7) is 6.74. The molecule has 11 heteroatoms. The van der Waals surface area contributed by atoms with Crippen molar-refractivity contribution in [2.45, 2.75) is 45.8 Å². The second-order valence-electron chi connectivity index (χ2n) is 9.36. The maximum atomic E-state index is 13.0. The Morgan fingerprint density at radius 1 is 1.08 bits per heavy atom. The average Bonchev–Trinajstić information content (AvgIpc) is 2.87. The van der Waals surface area contributed by atoms with Crippen LogP contribution in [0.5, 0.6) is 0 Å². The van der Waals surface area contributed by atoms with Crippen LogP contribution in [0.1, 0.15) is 49.5 Å². The first-order valence-electron chi connectivity index (χ1n) is 12.0. The number of piperazine rings is 1. The van der Waals surface area contributed by atoms with Gasteiger partial charge in [-0.25, -0.2) is 14.5 Å². The molecule has 10 nitrogen and oxygen atoms in total. The number of hydrogen-bond donors (Lipinski definition) is 1. The van der Waals surface area contributed by atoms with Crippen molar-refractivity contribution >= 4 is 28.0 Å². The van der Waals surface area contributed by atoms with Gasteiger partial charge in [-0.2, -0.15) is 12.7 Å². The molecule has 3 rings (SSSR count). The van der Waals surface area contributed by atoms with E-state index in [0.717, 1.165) is 22.7 Å². The number of rotatable bonds is 9. The average molecular weight is 518 g/mol. The van der Waals surface area contributed by atoms with Gasteiger partial charge in [0.1, 0.15) is 12.4 Å². The predicted octanol–water partition coefficient (Wildman–Crippen LogP) is 3.03. The van der Waals surface area contributed by atoms with E-state index in [9.17, 15) is 18.0 Å². The Morgan fingerprint density at radius 3 is 2.39 bits per heavy atom. The van der Waals surface area contributed by atoms with Crippen molar-refractivity contribution in [2.24, 2.45) is 0 Å². The molecule has 1 aromatic heterocycles. The molecule has 1 fully saturated rings. The summed E-state index contributed by atoms with van der Waals surface area (Å²) in [4.78, 5) is 33.1. The number of nitrogens with one attached hydrogen (secondary N) is 1. The normalized spacial score (nSPS) is 14.8. The van der Waals surface area contributed by atoms with Gasteiger partial charge in [-0.05, 0) is 38.0 Å². The summed E-state index contributed by atoms with van der Waals surface area (Å²) in [6.07, 6.45) is 2.90. The third-order valence-electron chi connectivity index (χ3n) is 6.38. The minimum atomic E-state index is -4.11. The van der Waals surface area contributed by atoms with Gasteiger partial charge < -0.3 is 14.5 Å². The first-order valence-corrected chi connectivity index (χ1v) is 13.5. The summed E-state index contributed by atoms with van der Waals surface area (Å²) in [7, 11) is -2.27. The molecule has 0 bridgehead atoms. The highest BCUT2D eigenvalue weighted by Crippen LogP contribution is 2.27. The van der Waals surface area contributed by atoms with Crippen LogP contribution in [0.2, 0.25) is 0 Å². The van der Waals surface area contributed by atoms with Crippen molar-refractivity contribution in [1.29, 1.82) is 0 Å². The highest BCUT2D eigenvalue weighted by atomic mass is 32.2. The Kier molecular flexibility index (Phi) is 8.91. The van der Waals surface area contributed by atoms with Gasteiger partial charge in [0.2, 0.25) is 0 Å². The molecule has 0 unspecified atom stereocenters. The lowest BCUT2D eigenvalue weighted by Crippen LogP contribution is -2.54. The van der Waals surface area contributed by atoms with Crippen LogP contribution in [0, 0.1) is 0 Å². The van der Waals surface area contributed by atoms with Crippen molar-refractivity contribution < 1.29 is 22.7 Å². The van der Waals surface area contributed by atoms with Crippen LogP contribution in [0.25, 0.3) is 0 Å². The molecule has 1 aromatic carbocycles. The summed E-state index contributed by atoms with van der Waals surface area (Å²) in [6, 6.07) is 12.5. The Bertz CT molecular complexity index is 1150. The third-order valence-corrected chi connectivity index (χ3v) is 7.87. The van der Waals surface area contributed by atoms with Crippen LogP contribution in [0.4, 0.5) is 10.6 Å². The standard InChI is InChI=1S/C25H35N5O5S/c1-5-13-25(2,3)28(4)22-21(12-9-14-26-22)23(31)27-36(33,34)30-17-15-29(16-18-30)24(32)35-19-20-10-7-6-8-11-20/h6-12,14H,5,13,15-19H2,1-4H3,(H,27,31). The van der Waals surface area contributed by atoms with Crippen LogP contribution in [0.3, 0.4) is 0 Å². The van der Waals surface area contributed by atoms with E-state index in [2.05, 4.69) is 16.6 Å². The van der Waals surface area contributed by atoms with Crippen molar-refractivity contribution in [3.05, 3.63) is 59.8 Å². The lowest BCUT2D eigenvalue weighted by Gasteiger charge is -2.37. The zero-order valence-corrected chi connectivity index (χ0v) is 22.1. The van der Waals surface area contributed by atoms with E-state index in [1.54, 1.807) is 18.3 Å². The molecule has 1 N–H and O–H groups in total. The fraction of sp³-hybridized carbons (Fsp3) is 0.480. The molecule has 0 aliphatic carbocycles. The second-order valence-corrected chi connectivity index (χ2v) is 11.0. The molecule has 0 spiro atoms. The Labute approximate surface area is 213 Å². The van der Waals surface area contributed by atoms with Crippen LogP contribution < -0.4 is 9.62 Å². The number of benzene rings is 1. The number of hydrogen-bond acceptors (Lipinski definition) is 7. The molecule has 1 aliphatic heterocycles. The van der Waals surface area contributed by atoms with Crippen molar-refractivity contribution in [1.82, 2.24) is 18.9 Å². The molecule has 0 saturated carbocycles. The van der Waals surface area contributed by atoms with E-state index >= 15 is 0 Å². The second kappa shape index (κ2) is 11.7. The largest absolute Gasteiger partial charge is 0.445 e. The number of carbonyl (C=O) groups is 2. The number of amides is 2. The number of aromatic nitrogens is 1. The van der Waals surface area contributed by atoms with Gasteiger partial charge in [0.25, 0.3) is 5.91 Å². The summed E-state index contributed by atoms with van der Waals surface area (Å²) in [5, 5.41) is 0. The van der Waals surface area contributed by atoms with Gasteiger partial charge in [0.15, 0.2) is 0 Å². The Hall–Kier alpha value is -3.18. The molecule has 2 amide bonds. The highest BCUT2D eigenvalue weighted by Gasteiger charge is 2.33. The maximum Gasteiger partial charge on any atom is 0.410 e. The quantitative estimate of drug-likeness (QED) is 0.544. The first-order chi connectivity index (χ1) is 17.0. The van der Waals surface area contributed by atoms with E-state index < -0.39 is 22.2 Å². The monoisotopic (exact) mass is 517 g/mol. The van der Waals surface area contributed by atoms with Crippen molar-refractivity contribution in [3.63, 3.8) is 0 Å². The van der Waals surface area contributed by atoms with E-state index in [1.165, 1.54) is 4.90 Å². The third kappa shape index (κ3) is 6.73. The molecule has 196 valence electrons. The highest BCUT2D eigenvalue weighted by molar-refractivity contribution is 7.87. The molecular formula is C25H35N5O5S. The maximum absolute atomic E-state index is 13.0. The van der Waals surface area contributed by atoms with Crippen molar-refractivity contribution in [2.75, 3.05) is 38.1 Å². The molecule has 1 saturated heterocycles. The number of carbonyl (C=O) groups excluding carboxylic acids is 2. The topological polar surface area (TPSA) is 112 Å². The van der Waals surface area contributed by atoms with Crippen LogP contribution >= 0.6 is 0 Å². The smallest absolute Gasteiger partial charge is 0.410 e. The van der Waals surface area contributed by atoms with E-state index in [1.807, 2.05) is 56.1 Å². The zero-order valence-electron chi connectivity index (χ0n) is 21.3. The van der Waals surface area contributed by atoms with Crippen LogP contribution in [0.15, 0.2) is 48.7 Å². The summed E-state index contributed by atoms with van der Waals surface area (Å²) in [5.41, 5.74) is 0.770. The molecule has 0 radical (unpaired) electrons. The minimum Gasteiger partial charge on any atom is -0.445 e. The summed E-state index contributed by atoms with van der Waals surface area (Å²) in [5.74, 6) is -0.337. The van der Waals surface area contributed by atoms with E-state index in [-0.39, 0.29) is 43.9 Å². The lowest BCUT2D eigenvalue weighted by atomic mass is 9.96. The van der Waals surface area contributed by atoms with Crippen molar-refractivity contribution in [3.8, 4) is 0 Å². The minimum absolute atomic E-state index is 0.0480. The number of ether oxygens (including phenoxy) is 1. The predicted molar refractivity (Wildman–Crippen MR) is 138 cm³/mol. The van der Waals surface area contributed by atoms with Crippen LogP contribution in [-0.4, -0.2) is 73.4 Å². The number of pyridine rings is 1. The molecule has 2 aromatic rings. The van der Waals surface area contributed by atoms with Gasteiger partial charge >= 0.3 is 16.3 Å². The van der Waals surface area contributed by atoms with E-state index in [4.69, 9.17) is 4.74 Å². The first kappa shape index (κ1) is 27.4. The van der Waals surface area contributed by atoms with Gasteiger partial charge in [-0.1, -0.05) is 43.7 Å². The number of nitrogens with zero attached hydrogens (tertiary/aromatic N) is 4. The molecule has 2 heterocycles. The fourth-order valence-electron chi connectivity index (χ4n) is 4.07. The van der Waals surface area contributed by atoms with E-state index in [0.29, 0.717) is 5.82 Å². The summed E-state index contributed by atoms with van der Waals surface area (Å²) < 4.78 is 34.6. The number of anilines is 1. The van der Waals surface area contributed by atoms with Gasteiger partial charge in [-0.15, -0.1) is 0 Å². The van der Waals surface area contributed by atoms with Gasteiger partial charge in [0.05, 0.1) is 5.56 Å². The zero-order chi connectivity index (χ0) is 26.3. The summed E-state index contributed by atoms with van der Waals surface area (Å²) >= 11 is 0. The fourth-order valence-corrected chi connectivity index (χ4v) is 5.18. The molecular weight excluding hydrogens is 482 g/mol. The molecule has 0 atom stereocenters. The van der Waals surface area contributed by atoms with Gasteiger partial charge in [0, 0.05) is 45.0 Å². The molecule has 1 aliphatic rings.